The van der Waals surface area contributed by atoms with Crippen molar-refractivity contribution in [3.63, 3.8) is 0 Å². The molecule has 1 aromatic carbocycles. The van der Waals surface area contributed by atoms with Crippen molar-refractivity contribution in [3.05, 3.63) is 34.9 Å². The van der Waals surface area contributed by atoms with Gasteiger partial charge in [-0.05, 0) is 12.1 Å². The fourth-order valence-electron chi connectivity index (χ4n) is 2.82. The van der Waals surface area contributed by atoms with Crippen LogP contribution in [0.2, 0.25) is 0 Å². The van der Waals surface area contributed by atoms with E-state index in [1.807, 2.05) is 0 Å². The smallest absolute Gasteiger partial charge is 0.199 e. The minimum absolute atomic E-state index is 0.108. The minimum atomic E-state index is -0.141. The van der Waals surface area contributed by atoms with Crippen LogP contribution in [0, 0.1) is 45.3 Å². The SMILES string of the molecule is N#Cc1nc2nc3cc4nc5nc(C#N)c(C#N)nc5nc4cc3nc2nc1C#N. The van der Waals surface area contributed by atoms with Gasteiger partial charge in [-0.25, -0.2) is 39.9 Å². The van der Waals surface area contributed by atoms with Crippen molar-refractivity contribution in [2.24, 2.45) is 0 Å². The molecule has 0 aliphatic carbocycles. The number of fused-ring (bicyclic) bond motifs is 4. The molecule has 0 aliphatic heterocycles. The van der Waals surface area contributed by atoms with E-state index in [1.54, 1.807) is 36.4 Å². The molecule has 0 saturated carbocycles. The first-order chi connectivity index (χ1) is 14.6. The summed E-state index contributed by atoms with van der Waals surface area (Å²) in [4.78, 5) is 33.6. The summed E-state index contributed by atoms with van der Waals surface area (Å²) in [5.41, 5.74) is 1.51. The van der Waals surface area contributed by atoms with Crippen LogP contribution in [0.25, 0.3) is 44.7 Å². The molecule has 0 bridgehead atoms. The van der Waals surface area contributed by atoms with Crippen molar-refractivity contribution >= 4 is 44.7 Å². The van der Waals surface area contributed by atoms with Crippen molar-refractivity contribution in [3.8, 4) is 24.3 Å². The van der Waals surface area contributed by atoms with Gasteiger partial charge in [0.05, 0.1) is 22.1 Å². The van der Waals surface area contributed by atoms with Gasteiger partial charge in [0.1, 0.15) is 24.3 Å². The van der Waals surface area contributed by atoms with Crippen LogP contribution < -0.4 is 0 Å². The molecule has 5 rings (SSSR count). The van der Waals surface area contributed by atoms with E-state index in [2.05, 4.69) is 39.9 Å². The first kappa shape index (κ1) is 16.7. The Morgan fingerprint density at radius 1 is 0.400 bits per heavy atom. The van der Waals surface area contributed by atoms with E-state index in [9.17, 15) is 0 Å². The first-order valence-electron chi connectivity index (χ1n) is 8.13. The molecule has 0 aliphatic rings. The Balaban J connectivity index is 1.83. The van der Waals surface area contributed by atoms with E-state index in [0.717, 1.165) is 0 Å². The van der Waals surface area contributed by atoms with Gasteiger partial charge in [-0.15, -0.1) is 0 Å². The average Bonchev–Trinajstić information content (AvgIpc) is 2.78. The molecular formula is C18H2N12. The molecular weight excluding hydrogens is 384 g/mol. The molecule has 12 nitrogen and oxygen atoms in total. The third kappa shape index (κ3) is 2.36. The highest BCUT2D eigenvalue weighted by Gasteiger charge is 2.15. The van der Waals surface area contributed by atoms with Crippen LogP contribution in [-0.4, -0.2) is 39.9 Å². The molecule has 0 N–H and O–H groups in total. The molecule has 134 valence electrons. The normalized spacial score (nSPS) is 10.5. The highest BCUT2D eigenvalue weighted by atomic mass is 15.0. The Morgan fingerprint density at radius 2 is 0.633 bits per heavy atom. The Morgan fingerprint density at radius 3 is 0.833 bits per heavy atom. The number of hydrogen-bond acceptors (Lipinski definition) is 12. The summed E-state index contributed by atoms with van der Waals surface area (Å²) in [5, 5.41) is 36.5. The van der Waals surface area contributed by atoms with Crippen LogP contribution in [0.4, 0.5) is 0 Å². The van der Waals surface area contributed by atoms with Crippen molar-refractivity contribution in [1.82, 2.24) is 39.9 Å². The molecule has 4 heterocycles. The molecule has 0 saturated heterocycles. The number of nitrogens with zero attached hydrogens (tertiary/aromatic N) is 12. The Hall–Kier alpha value is -5.46. The summed E-state index contributed by atoms with van der Waals surface area (Å²) in [6, 6.07) is 10.4. The lowest BCUT2D eigenvalue weighted by atomic mass is 10.2. The maximum absolute atomic E-state index is 9.12. The molecule has 4 aromatic heterocycles. The maximum atomic E-state index is 9.12. The van der Waals surface area contributed by atoms with E-state index in [1.165, 1.54) is 0 Å². The third-order valence-corrected chi connectivity index (χ3v) is 4.12. The summed E-state index contributed by atoms with van der Waals surface area (Å²) in [5.74, 6) is 0. The number of aromatic nitrogens is 8. The number of nitriles is 4. The van der Waals surface area contributed by atoms with Crippen LogP contribution in [0.3, 0.4) is 0 Å². The molecule has 0 atom stereocenters. The lowest BCUT2D eigenvalue weighted by molar-refractivity contribution is 1.13. The second kappa shape index (κ2) is 6.03. The van der Waals surface area contributed by atoms with Crippen molar-refractivity contribution in [2.45, 2.75) is 0 Å². The first-order valence-corrected chi connectivity index (χ1v) is 8.13. The second-order valence-corrected chi connectivity index (χ2v) is 5.86. The van der Waals surface area contributed by atoms with Gasteiger partial charge in [0.2, 0.25) is 0 Å². The van der Waals surface area contributed by atoms with Crippen LogP contribution in [-0.2, 0) is 0 Å². The van der Waals surface area contributed by atoms with E-state index >= 15 is 0 Å². The lowest BCUT2D eigenvalue weighted by Crippen LogP contribution is -2.01. The maximum Gasteiger partial charge on any atom is 0.199 e. The van der Waals surface area contributed by atoms with Gasteiger partial charge >= 0.3 is 0 Å². The lowest BCUT2D eigenvalue weighted by Gasteiger charge is -2.04. The zero-order chi connectivity index (χ0) is 20.8. The zero-order valence-electron chi connectivity index (χ0n) is 14.5. The van der Waals surface area contributed by atoms with Gasteiger partial charge in [0, 0.05) is 0 Å². The van der Waals surface area contributed by atoms with E-state index in [4.69, 9.17) is 21.0 Å². The third-order valence-electron chi connectivity index (χ3n) is 4.12. The summed E-state index contributed by atoms with van der Waals surface area (Å²) in [7, 11) is 0. The van der Waals surface area contributed by atoms with Crippen LogP contribution in [0.1, 0.15) is 22.8 Å². The van der Waals surface area contributed by atoms with Gasteiger partial charge in [0.15, 0.2) is 45.4 Å². The van der Waals surface area contributed by atoms with Gasteiger partial charge in [-0.3, -0.25) is 0 Å². The molecule has 30 heavy (non-hydrogen) atoms. The zero-order valence-corrected chi connectivity index (χ0v) is 14.5. The van der Waals surface area contributed by atoms with Gasteiger partial charge in [-0.1, -0.05) is 0 Å². The molecule has 0 spiro atoms. The second-order valence-electron chi connectivity index (χ2n) is 5.86. The van der Waals surface area contributed by atoms with E-state index in [0.29, 0.717) is 22.1 Å². The summed E-state index contributed by atoms with van der Waals surface area (Å²) >= 11 is 0. The molecule has 0 amide bonds. The van der Waals surface area contributed by atoms with E-state index in [-0.39, 0.29) is 45.4 Å². The number of benzene rings is 1. The number of hydrogen-bond donors (Lipinski definition) is 0. The summed E-state index contributed by atoms with van der Waals surface area (Å²) in [6.45, 7) is 0. The van der Waals surface area contributed by atoms with Crippen LogP contribution in [0.5, 0.6) is 0 Å². The van der Waals surface area contributed by atoms with Crippen LogP contribution >= 0.6 is 0 Å². The summed E-state index contributed by atoms with van der Waals surface area (Å²) < 4.78 is 0. The van der Waals surface area contributed by atoms with E-state index < -0.39 is 0 Å². The molecule has 0 unspecified atom stereocenters. The Kier molecular flexibility index (Phi) is 3.35. The molecule has 0 fully saturated rings. The fourth-order valence-corrected chi connectivity index (χ4v) is 2.82. The predicted octanol–water partition coefficient (Wildman–Crippen LogP) is 0.946. The monoisotopic (exact) mass is 386 g/mol. The minimum Gasteiger partial charge on any atom is -0.223 e. The molecule has 0 radical (unpaired) electrons. The van der Waals surface area contributed by atoms with Crippen molar-refractivity contribution in [2.75, 3.05) is 0 Å². The average molecular weight is 386 g/mol. The van der Waals surface area contributed by atoms with Gasteiger partial charge in [-0.2, -0.15) is 21.0 Å². The van der Waals surface area contributed by atoms with Gasteiger partial charge in [0.25, 0.3) is 0 Å². The highest BCUT2D eigenvalue weighted by molar-refractivity contribution is 5.95. The van der Waals surface area contributed by atoms with Crippen molar-refractivity contribution < 1.29 is 0 Å². The highest BCUT2D eigenvalue weighted by Crippen LogP contribution is 2.22. The Bertz CT molecular complexity index is 1490. The summed E-state index contributed by atoms with van der Waals surface area (Å²) in [6.07, 6.45) is 0. The van der Waals surface area contributed by atoms with Crippen molar-refractivity contribution in [1.29, 1.82) is 21.0 Å². The Labute approximate surface area is 165 Å². The fraction of sp³-hybridized carbons (Fsp3) is 0. The standard InChI is InChI=1S/C18H2N12/c19-3-11-13(5-21)29-17-15(27-11)23-7-1-8-10(2-9(7)25-17)26-18-16(24-8)28-12(4-20)14(6-22)30-18/h1-2H. The topological polar surface area (TPSA) is 198 Å². The quantitative estimate of drug-likeness (QED) is 0.342. The molecule has 5 aromatic rings. The predicted molar refractivity (Wildman–Crippen MR) is 97.7 cm³/mol. The molecule has 12 heteroatoms. The number of rotatable bonds is 0. The van der Waals surface area contributed by atoms with Crippen LogP contribution in [0.15, 0.2) is 12.1 Å². The largest absolute Gasteiger partial charge is 0.223 e. The van der Waals surface area contributed by atoms with Gasteiger partial charge < -0.3 is 0 Å².